The number of hydrogen-bond acceptors (Lipinski definition) is 6. The summed E-state index contributed by atoms with van der Waals surface area (Å²) in [6.07, 6.45) is 0. The van der Waals surface area contributed by atoms with Gasteiger partial charge in [0.05, 0.1) is 5.69 Å². The van der Waals surface area contributed by atoms with Crippen LogP contribution in [0.3, 0.4) is 0 Å². The summed E-state index contributed by atoms with van der Waals surface area (Å²) >= 11 is 0. The fourth-order valence-electron chi connectivity index (χ4n) is 1.94. The smallest absolute Gasteiger partial charge is 0.171 e. The Balaban J connectivity index is 1.86. The van der Waals surface area contributed by atoms with E-state index in [1.807, 2.05) is 30.3 Å². The van der Waals surface area contributed by atoms with Crippen LogP contribution in [0.4, 0.5) is 22.7 Å². The normalized spacial score (nSPS) is 11.3. The molecule has 0 amide bonds. The molecule has 118 valence electrons. The van der Waals surface area contributed by atoms with Crippen LogP contribution in [0, 0.1) is 0 Å². The second-order valence-electron chi connectivity index (χ2n) is 4.87. The number of phenols is 2. The van der Waals surface area contributed by atoms with E-state index in [-0.39, 0.29) is 22.9 Å². The summed E-state index contributed by atoms with van der Waals surface area (Å²) in [6.45, 7) is 0. The van der Waals surface area contributed by atoms with E-state index in [1.54, 1.807) is 36.4 Å². The SMILES string of the molecule is Oc1ccccc1N=Nc1cccc(N=Nc2ccccc2)c1O. The lowest BCUT2D eigenvalue weighted by molar-refractivity contribution is 0.474. The predicted molar refractivity (Wildman–Crippen MR) is 91.0 cm³/mol. The molecule has 6 heteroatoms. The average Bonchev–Trinajstić information content (AvgIpc) is 2.62. The molecule has 2 N–H and O–H groups in total. The van der Waals surface area contributed by atoms with E-state index in [9.17, 15) is 10.2 Å². The highest BCUT2D eigenvalue weighted by Gasteiger charge is 2.06. The van der Waals surface area contributed by atoms with Crippen LogP contribution in [0.2, 0.25) is 0 Å². The molecule has 24 heavy (non-hydrogen) atoms. The third-order valence-electron chi connectivity index (χ3n) is 3.17. The average molecular weight is 318 g/mol. The Bertz CT molecular complexity index is 893. The first kappa shape index (κ1) is 15.4. The number of aromatic hydroxyl groups is 2. The highest BCUT2D eigenvalue weighted by atomic mass is 16.3. The van der Waals surface area contributed by atoms with Crippen molar-refractivity contribution < 1.29 is 10.2 Å². The highest BCUT2D eigenvalue weighted by molar-refractivity contribution is 5.65. The number of rotatable bonds is 4. The summed E-state index contributed by atoms with van der Waals surface area (Å²) < 4.78 is 0. The molecule has 0 saturated carbocycles. The molecule has 0 aliphatic heterocycles. The van der Waals surface area contributed by atoms with Crippen LogP contribution in [-0.2, 0) is 0 Å². The van der Waals surface area contributed by atoms with Gasteiger partial charge in [-0.3, -0.25) is 0 Å². The molecule has 3 aromatic carbocycles. The van der Waals surface area contributed by atoms with Crippen molar-refractivity contribution in [3.8, 4) is 11.5 Å². The minimum absolute atomic E-state index is 0.0145. The second kappa shape index (κ2) is 7.15. The zero-order valence-corrected chi connectivity index (χ0v) is 12.6. The van der Waals surface area contributed by atoms with Crippen LogP contribution >= 0.6 is 0 Å². The maximum atomic E-state index is 10.2. The van der Waals surface area contributed by atoms with Crippen LogP contribution in [0.15, 0.2) is 93.3 Å². The monoisotopic (exact) mass is 318 g/mol. The number of azo groups is 2. The topological polar surface area (TPSA) is 89.9 Å². The fraction of sp³-hybridized carbons (Fsp3) is 0. The molecule has 0 saturated heterocycles. The quantitative estimate of drug-likeness (QED) is 0.584. The minimum atomic E-state index is -0.128. The van der Waals surface area contributed by atoms with Crippen LogP contribution in [0.1, 0.15) is 0 Å². The molecule has 0 bridgehead atoms. The third kappa shape index (κ3) is 3.61. The molecule has 0 radical (unpaired) electrons. The fourth-order valence-corrected chi connectivity index (χ4v) is 1.94. The van der Waals surface area contributed by atoms with Crippen LogP contribution in [0.5, 0.6) is 11.5 Å². The number of para-hydroxylation sites is 2. The van der Waals surface area contributed by atoms with Crippen molar-refractivity contribution in [2.75, 3.05) is 0 Å². The molecule has 0 spiro atoms. The molecule has 0 aliphatic carbocycles. The standard InChI is InChI=1S/C18H14N4O2/c23-17-12-5-4-9-14(17)20-22-16-11-6-10-15(18(16)24)21-19-13-7-2-1-3-8-13/h1-12,23-24H. The van der Waals surface area contributed by atoms with Gasteiger partial charge in [0.1, 0.15) is 22.8 Å². The summed E-state index contributed by atoms with van der Waals surface area (Å²) in [7, 11) is 0. The van der Waals surface area contributed by atoms with Crippen molar-refractivity contribution >= 4 is 22.7 Å². The molecule has 0 fully saturated rings. The molecular formula is C18H14N4O2. The van der Waals surface area contributed by atoms with Crippen LogP contribution in [0.25, 0.3) is 0 Å². The van der Waals surface area contributed by atoms with E-state index in [0.717, 1.165) is 0 Å². The van der Waals surface area contributed by atoms with Gasteiger partial charge in [-0.1, -0.05) is 36.4 Å². The Morgan fingerprint density at radius 2 is 1.04 bits per heavy atom. The van der Waals surface area contributed by atoms with Crippen molar-refractivity contribution in [2.45, 2.75) is 0 Å². The Morgan fingerprint density at radius 1 is 0.500 bits per heavy atom. The van der Waals surface area contributed by atoms with E-state index in [4.69, 9.17) is 0 Å². The van der Waals surface area contributed by atoms with Gasteiger partial charge in [0.25, 0.3) is 0 Å². The minimum Gasteiger partial charge on any atom is -0.506 e. The van der Waals surface area contributed by atoms with Gasteiger partial charge in [-0.25, -0.2) is 0 Å². The first-order chi connectivity index (χ1) is 11.7. The van der Waals surface area contributed by atoms with Gasteiger partial charge in [-0.2, -0.15) is 5.11 Å². The number of phenolic OH excluding ortho intramolecular Hbond substituents is 2. The maximum Gasteiger partial charge on any atom is 0.171 e. The molecule has 6 nitrogen and oxygen atoms in total. The predicted octanol–water partition coefficient (Wildman–Crippen LogP) is 5.93. The van der Waals surface area contributed by atoms with Crippen molar-refractivity contribution in [2.24, 2.45) is 20.5 Å². The summed E-state index contributed by atoms with van der Waals surface area (Å²) in [4.78, 5) is 0. The number of hydrogen-bond donors (Lipinski definition) is 2. The molecule has 3 aromatic rings. The largest absolute Gasteiger partial charge is 0.506 e. The van der Waals surface area contributed by atoms with Gasteiger partial charge in [0, 0.05) is 0 Å². The summed E-state index contributed by atoms with van der Waals surface area (Å²) in [5.41, 5.74) is 1.52. The van der Waals surface area contributed by atoms with Gasteiger partial charge >= 0.3 is 0 Å². The lowest BCUT2D eigenvalue weighted by Crippen LogP contribution is -1.71. The van der Waals surface area contributed by atoms with E-state index in [0.29, 0.717) is 11.4 Å². The van der Waals surface area contributed by atoms with E-state index in [1.165, 1.54) is 6.07 Å². The lowest BCUT2D eigenvalue weighted by atomic mass is 10.2. The Labute approximate surface area is 138 Å². The van der Waals surface area contributed by atoms with Gasteiger partial charge in [0.2, 0.25) is 0 Å². The van der Waals surface area contributed by atoms with Crippen molar-refractivity contribution in [1.82, 2.24) is 0 Å². The molecule has 0 atom stereocenters. The zero-order valence-electron chi connectivity index (χ0n) is 12.6. The lowest BCUT2D eigenvalue weighted by Gasteiger charge is -2.01. The van der Waals surface area contributed by atoms with E-state index in [2.05, 4.69) is 20.5 Å². The summed E-state index contributed by atoms with van der Waals surface area (Å²) in [5.74, 6) is -0.114. The summed E-state index contributed by atoms with van der Waals surface area (Å²) in [6, 6.07) is 20.7. The molecule has 0 aliphatic rings. The number of nitrogens with zero attached hydrogens (tertiary/aromatic N) is 4. The first-order valence-corrected chi connectivity index (χ1v) is 7.22. The van der Waals surface area contributed by atoms with Crippen molar-refractivity contribution in [3.63, 3.8) is 0 Å². The van der Waals surface area contributed by atoms with Crippen molar-refractivity contribution in [3.05, 3.63) is 72.8 Å². The molecule has 0 unspecified atom stereocenters. The Kier molecular flexibility index (Phi) is 4.57. The molecule has 0 heterocycles. The molecule has 0 aromatic heterocycles. The molecular weight excluding hydrogens is 304 g/mol. The van der Waals surface area contributed by atoms with Gasteiger partial charge in [-0.05, 0) is 36.4 Å². The Morgan fingerprint density at radius 3 is 1.75 bits per heavy atom. The van der Waals surface area contributed by atoms with E-state index < -0.39 is 0 Å². The van der Waals surface area contributed by atoms with Crippen LogP contribution in [-0.4, -0.2) is 10.2 Å². The van der Waals surface area contributed by atoms with E-state index >= 15 is 0 Å². The second-order valence-corrected chi connectivity index (χ2v) is 4.87. The van der Waals surface area contributed by atoms with Gasteiger partial charge in [-0.15, -0.1) is 15.3 Å². The first-order valence-electron chi connectivity index (χ1n) is 7.22. The number of benzene rings is 3. The van der Waals surface area contributed by atoms with Crippen molar-refractivity contribution in [1.29, 1.82) is 0 Å². The van der Waals surface area contributed by atoms with Gasteiger partial charge < -0.3 is 10.2 Å². The third-order valence-corrected chi connectivity index (χ3v) is 3.17. The van der Waals surface area contributed by atoms with Gasteiger partial charge in [0.15, 0.2) is 5.75 Å². The Hall–Kier alpha value is -3.54. The molecule has 3 rings (SSSR count). The highest BCUT2D eigenvalue weighted by Crippen LogP contribution is 2.38. The van der Waals surface area contributed by atoms with Crippen LogP contribution < -0.4 is 0 Å². The zero-order chi connectivity index (χ0) is 16.8. The summed E-state index contributed by atoms with van der Waals surface area (Å²) in [5, 5.41) is 35.9. The maximum absolute atomic E-state index is 10.2.